The second-order valence-electron chi connectivity index (χ2n) is 6.72. The fraction of sp³-hybridized carbons (Fsp3) is 0.286. The Bertz CT molecular complexity index is 928. The largest absolute Gasteiger partial charge is 0.449 e. The third kappa shape index (κ3) is 4.51. The summed E-state index contributed by atoms with van der Waals surface area (Å²) < 4.78 is 5.29. The molecule has 6 nitrogen and oxygen atoms in total. The van der Waals surface area contributed by atoms with Gasteiger partial charge in [-0.2, -0.15) is 0 Å². The van der Waals surface area contributed by atoms with Gasteiger partial charge in [-0.15, -0.1) is 0 Å². The number of carbonyl (C=O) groups excluding carboxylic acids is 3. The van der Waals surface area contributed by atoms with Crippen LogP contribution in [0.15, 0.2) is 42.5 Å². The maximum absolute atomic E-state index is 12.5. The number of rotatable bonds is 5. The predicted molar refractivity (Wildman–Crippen MR) is 108 cm³/mol. The van der Waals surface area contributed by atoms with Gasteiger partial charge in [0.1, 0.15) is 0 Å². The lowest BCUT2D eigenvalue weighted by molar-refractivity contribution is -0.123. The second kappa shape index (κ2) is 8.44. The van der Waals surface area contributed by atoms with Crippen LogP contribution >= 0.6 is 11.6 Å². The van der Waals surface area contributed by atoms with Crippen molar-refractivity contribution in [2.45, 2.75) is 32.8 Å². The summed E-state index contributed by atoms with van der Waals surface area (Å²) >= 11 is 6.20. The van der Waals surface area contributed by atoms with E-state index in [0.717, 1.165) is 12.0 Å². The Morgan fingerprint density at radius 1 is 1.21 bits per heavy atom. The number of amides is 2. The molecule has 146 valence electrons. The minimum Gasteiger partial charge on any atom is -0.449 e. The molecule has 1 aliphatic rings. The van der Waals surface area contributed by atoms with E-state index in [-0.39, 0.29) is 11.5 Å². The summed E-state index contributed by atoms with van der Waals surface area (Å²) in [6.07, 6.45) is 0.224. The molecule has 7 heteroatoms. The molecule has 2 aromatic rings. The van der Waals surface area contributed by atoms with Gasteiger partial charge in [0.25, 0.3) is 5.91 Å². The zero-order valence-corrected chi connectivity index (χ0v) is 16.5. The smallest absolute Gasteiger partial charge is 0.338 e. The van der Waals surface area contributed by atoms with E-state index in [1.54, 1.807) is 17.0 Å². The van der Waals surface area contributed by atoms with E-state index in [1.807, 2.05) is 25.1 Å². The predicted octanol–water partition coefficient (Wildman–Crippen LogP) is 3.96. The van der Waals surface area contributed by atoms with E-state index in [9.17, 15) is 14.4 Å². The van der Waals surface area contributed by atoms with Crippen molar-refractivity contribution in [3.05, 3.63) is 58.6 Å². The molecule has 1 fully saturated rings. The van der Waals surface area contributed by atoms with Crippen molar-refractivity contribution in [2.75, 3.05) is 16.8 Å². The average molecular weight is 401 g/mol. The third-order valence-corrected chi connectivity index (χ3v) is 4.80. The van der Waals surface area contributed by atoms with Crippen LogP contribution in [-0.2, 0) is 14.3 Å². The minimum atomic E-state index is -0.986. The van der Waals surface area contributed by atoms with E-state index in [0.29, 0.717) is 29.4 Å². The number of aryl methyl sites for hydroxylation is 1. The Kier molecular flexibility index (Phi) is 5.99. The highest BCUT2D eigenvalue weighted by Crippen LogP contribution is 2.30. The number of halogens is 1. The van der Waals surface area contributed by atoms with Crippen LogP contribution in [0.5, 0.6) is 0 Å². The fourth-order valence-electron chi connectivity index (χ4n) is 3.00. The van der Waals surface area contributed by atoms with Crippen LogP contribution < -0.4 is 10.2 Å². The van der Waals surface area contributed by atoms with E-state index < -0.39 is 18.0 Å². The maximum Gasteiger partial charge on any atom is 0.338 e. The van der Waals surface area contributed by atoms with Crippen molar-refractivity contribution in [2.24, 2.45) is 0 Å². The molecular weight excluding hydrogens is 380 g/mol. The van der Waals surface area contributed by atoms with Crippen LogP contribution in [0.3, 0.4) is 0 Å². The highest BCUT2D eigenvalue weighted by Gasteiger charge is 2.25. The monoisotopic (exact) mass is 400 g/mol. The van der Waals surface area contributed by atoms with Gasteiger partial charge in [0.2, 0.25) is 5.91 Å². The van der Waals surface area contributed by atoms with Gasteiger partial charge in [-0.1, -0.05) is 23.7 Å². The lowest BCUT2D eigenvalue weighted by Gasteiger charge is -2.19. The molecule has 1 N–H and O–H groups in total. The van der Waals surface area contributed by atoms with Gasteiger partial charge in [0.05, 0.1) is 16.3 Å². The number of nitrogens with zero attached hydrogens (tertiary/aromatic N) is 1. The van der Waals surface area contributed by atoms with E-state index in [1.165, 1.54) is 19.1 Å². The minimum absolute atomic E-state index is 0.0293. The Morgan fingerprint density at radius 3 is 2.68 bits per heavy atom. The van der Waals surface area contributed by atoms with Crippen molar-refractivity contribution in [1.29, 1.82) is 0 Å². The molecule has 0 aromatic heterocycles. The lowest BCUT2D eigenvalue weighted by atomic mass is 10.2. The molecule has 0 bridgehead atoms. The molecule has 0 radical (unpaired) electrons. The molecule has 1 atom stereocenters. The normalized spacial score (nSPS) is 14.7. The molecule has 2 aromatic carbocycles. The zero-order valence-electron chi connectivity index (χ0n) is 15.7. The molecule has 0 aliphatic carbocycles. The number of hydrogen-bond acceptors (Lipinski definition) is 4. The average Bonchev–Trinajstić information content (AvgIpc) is 3.07. The topological polar surface area (TPSA) is 75.7 Å². The molecule has 2 amide bonds. The lowest BCUT2D eigenvalue weighted by Crippen LogP contribution is -2.30. The van der Waals surface area contributed by atoms with Gasteiger partial charge in [-0.25, -0.2) is 4.79 Å². The van der Waals surface area contributed by atoms with Crippen molar-refractivity contribution < 1.29 is 19.1 Å². The van der Waals surface area contributed by atoms with Crippen LogP contribution in [0.4, 0.5) is 11.4 Å². The number of anilines is 2. The Balaban J connectivity index is 1.68. The van der Waals surface area contributed by atoms with Crippen molar-refractivity contribution in [3.8, 4) is 0 Å². The standard InChI is InChI=1S/C21H21ClN2O4/c1-13-5-3-6-16(11-13)23-20(26)14(2)28-21(27)15-8-9-17(22)18(12-15)24-10-4-7-19(24)25/h3,5-6,8-9,11-12,14H,4,7,10H2,1-2H3,(H,23,26)/t14-/m0/s1. The summed E-state index contributed by atoms with van der Waals surface area (Å²) in [5, 5.41) is 3.11. The first kappa shape index (κ1) is 19.9. The number of hydrogen-bond donors (Lipinski definition) is 1. The Morgan fingerprint density at radius 2 is 2.00 bits per heavy atom. The molecule has 28 heavy (non-hydrogen) atoms. The molecular formula is C21H21ClN2O4. The highest BCUT2D eigenvalue weighted by atomic mass is 35.5. The van der Waals surface area contributed by atoms with E-state index in [4.69, 9.17) is 16.3 Å². The molecule has 0 spiro atoms. The number of carbonyl (C=O) groups is 3. The van der Waals surface area contributed by atoms with Gasteiger partial charge < -0.3 is 15.0 Å². The van der Waals surface area contributed by atoms with Gasteiger partial charge in [-0.3, -0.25) is 9.59 Å². The maximum atomic E-state index is 12.5. The molecule has 3 rings (SSSR count). The summed E-state index contributed by atoms with van der Waals surface area (Å²) in [7, 11) is 0. The quantitative estimate of drug-likeness (QED) is 0.771. The first-order valence-electron chi connectivity index (χ1n) is 9.03. The van der Waals surface area contributed by atoms with Gasteiger partial charge in [0.15, 0.2) is 6.10 Å². The van der Waals surface area contributed by atoms with E-state index in [2.05, 4.69) is 5.32 Å². The first-order chi connectivity index (χ1) is 13.3. The SMILES string of the molecule is Cc1cccc(NC(=O)[C@H](C)OC(=O)c2ccc(Cl)c(N3CCCC3=O)c2)c1. The van der Waals surface area contributed by atoms with Crippen LogP contribution in [0.25, 0.3) is 0 Å². The summed E-state index contributed by atoms with van der Waals surface area (Å²) in [6.45, 7) is 3.98. The van der Waals surface area contributed by atoms with Crippen molar-refractivity contribution in [1.82, 2.24) is 0 Å². The summed E-state index contributed by atoms with van der Waals surface area (Å²) in [4.78, 5) is 38.3. The van der Waals surface area contributed by atoms with Crippen LogP contribution in [0.1, 0.15) is 35.7 Å². The summed E-state index contributed by atoms with van der Waals surface area (Å²) in [6, 6.07) is 11.9. The summed E-state index contributed by atoms with van der Waals surface area (Å²) in [5.74, 6) is -1.11. The number of ether oxygens (including phenoxy) is 1. The number of benzene rings is 2. The molecule has 0 unspecified atom stereocenters. The molecule has 1 aliphatic heterocycles. The molecule has 0 saturated carbocycles. The second-order valence-corrected chi connectivity index (χ2v) is 7.13. The van der Waals surface area contributed by atoms with Crippen LogP contribution in [0, 0.1) is 6.92 Å². The zero-order chi connectivity index (χ0) is 20.3. The first-order valence-corrected chi connectivity index (χ1v) is 9.41. The third-order valence-electron chi connectivity index (χ3n) is 4.48. The van der Waals surface area contributed by atoms with Crippen LogP contribution in [-0.4, -0.2) is 30.4 Å². The molecule has 1 saturated heterocycles. The highest BCUT2D eigenvalue weighted by molar-refractivity contribution is 6.34. The number of nitrogens with one attached hydrogen (secondary N) is 1. The van der Waals surface area contributed by atoms with Gasteiger partial charge in [-0.05, 0) is 56.2 Å². The summed E-state index contributed by atoms with van der Waals surface area (Å²) in [5.41, 5.74) is 2.35. The van der Waals surface area contributed by atoms with Gasteiger partial charge >= 0.3 is 5.97 Å². The molecule has 1 heterocycles. The van der Waals surface area contributed by atoms with Crippen molar-refractivity contribution in [3.63, 3.8) is 0 Å². The van der Waals surface area contributed by atoms with Crippen LogP contribution in [0.2, 0.25) is 5.02 Å². The number of esters is 1. The Labute approximate surface area is 168 Å². The van der Waals surface area contributed by atoms with Gasteiger partial charge in [0, 0.05) is 18.7 Å². The Hall–Kier alpha value is -2.86. The van der Waals surface area contributed by atoms with E-state index >= 15 is 0 Å². The van der Waals surface area contributed by atoms with Crippen molar-refractivity contribution >= 4 is 40.8 Å². The fourth-order valence-corrected chi connectivity index (χ4v) is 3.22.